The highest BCUT2D eigenvalue weighted by atomic mass is 32.2. The molecule has 16 heavy (non-hydrogen) atoms. The van der Waals surface area contributed by atoms with E-state index < -0.39 is 10.0 Å². The van der Waals surface area contributed by atoms with Gasteiger partial charge in [0.2, 0.25) is 10.0 Å². The summed E-state index contributed by atoms with van der Waals surface area (Å²) in [7, 11) is -3.12. The molecule has 0 aromatic carbocycles. The molecule has 0 aliphatic heterocycles. The molecule has 1 saturated carbocycles. The van der Waals surface area contributed by atoms with Gasteiger partial charge in [0.1, 0.15) is 0 Å². The fraction of sp³-hybridized carbons (Fsp3) is 1.00. The zero-order valence-electron chi connectivity index (χ0n) is 10.3. The van der Waals surface area contributed by atoms with Gasteiger partial charge in [0.05, 0.1) is 5.25 Å². The van der Waals surface area contributed by atoms with E-state index in [2.05, 4.69) is 17.0 Å². The molecule has 1 atom stereocenters. The lowest BCUT2D eigenvalue weighted by atomic mass is 10.3. The maximum absolute atomic E-state index is 11.8. The number of hydrogen-bond donors (Lipinski definition) is 2. The molecule has 2 N–H and O–H groups in total. The largest absolute Gasteiger partial charge is 0.313 e. The quantitative estimate of drug-likeness (QED) is 0.604. The first kappa shape index (κ1) is 13.9. The van der Waals surface area contributed by atoms with E-state index in [9.17, 15) is 8.42 Å². The summed E-state index contributed by atoms with van der Waals surface area (Å²) in [4.78, 5) is 0. The van der Waals surface area contributed by atoms with Crippen LogP contribution in [0.25, 0.3) is 0 Å². The van der Waals surface area contributed by atoms with Crippen LogP contribution in [-0.4, -0.2) is 32.8 Å². The van der Waals surface area contributed by atoms with Crippen molar-refractivity contribution in [2.45, 2.75) is 57.2 Å². The third-order valence-corrected chi connectivity index (χ3v) is 4.72. The third kappa shape index (κ3) is 5.27. The van der Waals surface area contributed by atoms with Gasteiger partial charge < -0.3 is 5.32 Å². The summed E-state index contributed by atoms with van der Waals surface area (Å²) in [6, 6.07) is 0.567. The van der Waals surface area contributed by atoms with Crippen LogP contribution in [0.5, 0.6) is 0 Å². The van der Waals surface area contributed by atoms with Gasteiger partial charge in [-0.1, -0.05) is 19.8 Å². The minimum Gasteiger partial charge on any atom is -0.313 e. The molecule has 1 rings (SSSR count). The van der Waals surface area contributed by atoms with E-state index in [1.54, 1.807) is 6.92 Å². The predicted octanol–water partition coefficient (Wildman–Crippen LogP) is 1.24. The van der Waals surface area contributed by atoms with Crippen LogP contribution in [0.1, 0.15) is 46.0 Å². The molecule has 0 aromatic heterocycles. The summed E-state index contributed by atoms with van der Waals surface area (Å²) < 4.78 is 26.2. The van der Waals surface area contributed by atoms with E-state index in [0.717, 1.165) is 19.3 Å². The van der Waals surface area contributed by atoms with E-state index in [4.69, 9.17) is 0 Å². The molecule has 0 amide bonds. The Morgan fingerprint density at radius 3 is 2.56 bits per heavy atom. The highest BCUT2D eigenvalue weighted by Gasteiger charge is 2.25. The zero-order valence-corrected chi connectivity index (χ0v) is 11.1. The molecule has 0 spiro atoms. The second-order valence-corrected chi connectivity index (χ2v) is 6.82. The van der Waals surface area contributed by atoms with Gasteiger partial charge in [-0.25, -0.2) is 13.1 Å². The highest BCUT2D eigenvalue weighted by Crippen LogP contribution is 2.18. The summed E-state index contributed by atoms with van der Waals surface area (Å²) in [5.41, 5.74) is 0. The van der Waals surface area contributed by atoms with Crippen molar-refractivity contribution in [2.24, 2.45) is 0 Å². The van der Waals surface area contributed by atoms with Crippen LogP contribution >= 0.6 is 0 Å². The minimum atomic E-state index is -3.12. The molecule has 0 aromatic rings. The average molecular weight is 248 g/mol. The summed E-state index contributed by atoms with van der Waals surface area (Å²) in [6.07, 6.45) is 5.50. The smallest absolute Gasteiger partial charge is 0.215 e. The van der Waals surface area contributed by atoms with Crippen molar-refractivity contribution in [3.8, 4) is 0 Å². The Balaban J connectivity index is 2.18. The van der Waals surface area contributed by atoms with E-state index in [1.165, 1.54) is 12.8 Å². The first-order valence-corrected chi connectivity index (χ1v) is 7.82. The number of nitrogens with one attached hydrogen (secondary N) is 2. The summed E-state index contributed by atoms with van der Waals surface area (Å²) >= 11 is 0. The van der Waals surface area contributed by atoms with Crippen LogP contribution in [0.3, 0.4) is 0 Å². The van der Waals surface area contributed by atoms with E-state index >= 15 is 0 Å². The van der Waals surface area contributed by atoms with Gasteiger partial charge >= 0.3 is 0 Å². The molecular weight excluding hydrogens is 224 g/mol. The maximum atomic E-state index is 11.8. The van der Waals surface area contributed by atoms with Crippen LogP contribution in [0.2, 0.25) is 0 Å². The maximum Gasteiger partial charge on any atom is 0.215 e. The number of rotatable bonds is 9. The Hall–Kier alpha value is -0.130. The Labute approximate surface area is 99.2 Å². The molecular formula is C11H24N2O2S. The lowest BCUT2D eigenvalue weighted by molar-refractivity contribution is 0.553. The Bertz CT molecular complexity index is 286. The van der Waals surface area contributed by atoms with Crippen molar-refractivity contribution in [3.05, 3.63) is 0 Å². The Morgan fingerprint density at radius 1 is 1.31 bits per heavy atom. The molecule has 1 aliphatic rings. The van der Waals surface area contributed by atoms with Gasteiger partial charge in [0.25, 0.3) is 0 Å². The van der Waals surface area contributed by atoms with Crippen molar-refractivity contribution >= 4 is 10.0 Å². The summed E-state index contributed by atoms with van der Waals surface area (Å²) in [6.45, 7) is 5.01. The van der Waals surface area contributed by atoms with E-state index in [0.29, 0.717) is 19.1 Å². The first-order valence-electron chi connectivity index (χ1n) is 6.28. The average Bonchev–Trinajstić information content (AvgIpc) is 3.04. The minimum absolute atomic E-state index is 0.338. The fourth-order valence-corrected chi connectivity index (χ4v) is 2.49. The predicted molar refractivity (Wildman–Crippen MR) is 66.9 cm³/mol. The molecule has 1 unspecified atom stereocenters. The molecule has 1 fully saturated rings. The number of unbranched alkanes of at least 4 members (excludes halogenated alkanes) is 2. The normalized spacial score (nSPS) is 18.6. The molecule has 0 bridgehead atoms. The first-order chi connectivity index (χ1) is 7.56. The highest BCUT2D eigenvalue weighted by molar-refractivity contribution is 7.90. The van der Waals surface area contributed by atoms with Gasteiger partial charge in [-0.05, 0) is 26.2 Å². The summed E-state index contributed by atoms with van der Waals surface area (Å²) in [5.74, 6) is 0. The molecule has 0 saturated heterocycles. The van der Waals surface area contributed by atoms with Gasteiger partial charge in [-0.15, -0.1) is 0 Å². The van der Waals surface area contributed by atoms with Crippen LogP contribution < -0.4 is 10.0 Å². The van der Waals surface area contributed by atoms with Crippen LogP contribution in [0.15, 0.2) is 0 Å². The van der Waals surface area contributed by atoms with Crippen molar-refractivity contribution < 1.29 is 8.42 Å². The number of sulfonamides is 1. The summed E-state index contributed by atoms with van der Waals surface area (Å²) in [5, 5.41) is 2.91. The van der Waals surface area contributed by atoms with Crippen molar-refractivity contribution in [1.82, 2.24) is 10.0 Å². The van der Waals surface area contributed by atoms with Crippen LogP contribution in [0, 0.1) is 0 Å². The van der Waals surface area contributed by atoms with Crippen molar-refractivity contribution in [3.63, 3.8) is 0 Å². The Morgan fingerprint density at radius 2 is 2.00 bits per heavy atom. The van der Waals surface area contributed by atoms with E-state index in [-0.39, 0.29) is 5.25 Å². The van der Waals surface area contributed by atoms with E-state index in [1.807, 2.05) is 0 Å². The second-order valence-electron chi connectivity index (χ2n) is 4.64. The van der Waals surface area contributed by atoms with Gasteiger partial charge in [-0.3, -0.25) is 0 Å². The third-order valence-electron chi connectivity index (χ3n) is 2.88. The zero-order chi connectivity index (χ0) is 12.0. The van der Waals surface area contributed by atoms with Crippen molar-refractivity contribution in [2.75, 3.05) is 13.1 Å². The van der Waals surface area contributed by atoms with Gasteiger partial charge in [0, 0.05) is 19.1 Å². The lowest BCUT2D eigenvalue weighted by Crippen LogP contribution is -2.39. The topological polar surface area (TPSA) is 58.2 Å². The fourth-order valence-electron chi connectivity index (χ4n) is 1.46. The molecule has 5 heteroatoms. The Kier molecular flexibility index (Phi) is 5.72. The second kappa shape index (κ2) is 6.57. The SMILES string of the molecule is CCCCCNS(=O)(=O)C(C)CNC1CC1. The standard InChI is InChI=1S/C11H24N2O2S/c1-3-4-5-8-13-16(14,15)10(2)9-12-11-6-7-11/h10-13H,3-9H2,1-2H3. The molecule has 4 nitrogen and oxygen atoms in total. The monoisotopic (exact) mass is 248 g/mol. The van der Waals surface area contributed by atoms with Gasteiger partial charge in [0.15, 0.2) is 0 Å². The van der Waals surface area contributed by atoms with Crippen LogP contribution in [0.4, 0.5) is 0 Å². The molecule has 1 aliphatic carbocycles. The van der Waals surface area contributed by atoms with Gasteiger partial charge in [-0.2, -0.15) is 0 Å². The molecule has 96 valence electrons. The lowest BCUT2D eigenvalue weighted by Gasteiger charge is -2.14. The molecule has 0 heterocycles. The van der Waals surface area contributed by atoms with Crippen LogP contribution in [-0.2, 0) is 10.0 Å². The van der Waals surface area contributed by atoms with Crippen molar-refractivity contribution in [1.29, 1.82) is 0 Å². The number of hydrogen-bond acceptors (Lipinski definition) is 3. The molecule has 0 radical (unpaired) electrons.